The van der Waals surface area contributed by atoms with Crippen molar-refractivity contribution in [2.24, 2.45) is 5.73 Å². The lowest BCUT2D eigenvalue weighted by molar-refractivity contribution is 0.255. The van der Waals surface area contributed by atoms with E-state index >= 15 is 0 Å². The number of primary amides is 1. The number of carbonyl (C=O) groups is 1. The van der Waals surface area contributed by atoms with E-state index in [0.29, 0.717) is 28.6 Å². The van der Waals surface area contributed by atoms with Crippen molar-refractivity contribution in [2.75, 3.05) is 11.9 Å². The molecule has 2 heterocycles. The van der Waals surface area contributed by atoms with Crippen LogP contribution in [0, 0.1) is 12.7 Å². The number of pyridine rings is 1. The number of halogens is 1. The van der Waals surface area contributed by atoms with Gasteiger partial charge in [0.05, 0.1) is 18.1 Å². The molecule has 0 fully saturated rings. The number of hydrogen-bond acceptors (Lipinski definition) is 4. The zero-order chi connectivity index (χ0) is 18.0. The number of aromatic nitrogens is 3. The van der Waals surface area contributed by atoms with Gasteiger partial charge in [-0.15, -0.1) is 0 Å². The summed E-state index contributed by atoms with van der Waals surface area (Å²) in [5.74, 6) is 0.538. The topological polar surface area (TPSA) is 97.1 Å². The van der Waals surface area contributed by atoms with Crippen LogP contribution in [0.2, 0.25) is 0 Å². The van der Waals surface area contributed by atoms with Gasteiger partial charge in [-0.25, -0.2) is 9.18 Å². The molecule has 0 radical (unpaired) electrons. The quantitative estimate of drug-likeness (QED) is 0.761. The second-order valence-electron chi connectivity index (χ2n) is 5.41. The molecule has 0 bridgehead atoms. The Bertz CT molecular complexity index is 908. The molecule has 0 saturated heterocycles. The third-order valence-corrected chi connectivity index (χ3v) is 3.68. The van der Waals surface area contributed by atoms with Crippen molar-refractivity contribution in [2.45, 2.75) is 6.92 Å². The van der Waals surface area contributed by atoms with E-state index in [-0.39, 0.29) is 0 Å². The zero-order valence-electron chi connectivity index (χ0n) is 13.7. The third kappa shape index (κ3) is 3.42. The second-order valence-corrected chi connectivity index (χ2v) is 5.41. The van der Waals surface area contributed by atoms with Gasteiger partial charge in [-0.3, -0.25) is 15.0 Å². The minimum absolute atomic E-state index is 0.431. The Morgan fingerprint density at radius 3 is 2.76 bits per heavy atom. The molecule has 3 aromatic rings. The summed E-state index contributed by atoms with van der Waals surface area (Å²) in [7, 11) is 1.57. The van der Waals surface area contributed by atoms with Gasteiger partial charge in [0.1, 0.15) is 11.6 Å². The SMILES string of the molecule is Cc1ccc(N(C)C(N)=O)cc1Oc1c[nH]nc1-c1ccc(F)cn1. The fraction of sp³-hybridized carbons (Fsp3) is 0.118. The van der Waals surface area contributed by atoms with Gasteiger partial charge in [-0.2, -0.15) is 5.10 Å². The number of amides is 2. The van der Waals surface area contributed by atoms with Crippen LogP contribution in [0.4, 0.5) is 14.9 Å². The molecule has 0 atom stereocenters. The average molecular weight is 341 g/mol. The largest absolute Gasteiger partial charge is 0.453 e. The summed E-state index contributed by atoms with van der Waals surface area (Å²) in [4.78, 5) is 16.7. The second kappa shape index (κ2) is 6.60. The maximum atomic E-state index is 13.0. The standard InChI is InChI=1S/C17H16FN5O2/c1-10-3-5-12(23(2)17(19)24)7-14(10)25-15-9-21-22-16(15)13-6-4-11(18)8-20-13/h3-9H,1-2H3,(H2,19,24)(H,21,22). The highest BCUT2D eigenvalue weighted by Gasteiger charge is 2.15. The van der Waals surface area contributed by atoms with E-state index in [2.05, 4.69) is 15.2 Å². The molecule has 2 aromatic heterocycles. The van der Waals surface area contributed by atoms with Gasteiger partial charge in [0.2, 0.25) is 0 Å². The fourth-order valence-electron chi connectivity index (χ4n) is 2.21. The van der Waals surface area contributed by atoms with Crippen molar-refractivity contribution in [3.05, 3.63) is 54.1 Å². The predicted octanol–water partition coefficient (Wildman–Crippen LogP) is 3.23. The number of hydrogen-bond donors (Lipinski definition) is 2. The summed E-state index contributed by atoms with van der Waals surface area (Å²) in [6.45, 7) is 1.87. The molecule has 0 unspecified atom stereocenters. The molecule has 128 valence electrons. The number of nitrogens with zero attached hydrogens (tertiary/aromatic N) is 3. The van der Waals surface area contributed by atoms with E-state index < -0.39 is 11.8 Å². The first-order valence-corrected chi connectivity index (χ1v) is 7.43. The molecule has 1 aromatic carbocycles. The summed E-state index contributed by atoms with van der Waals surface area (Å²) in [6.07, 6.45) is 2.69. The minimum Gasteiger partial charge on any atom is -0.453 e. The van der Waals surface area contributed by atoms with Gasteiger partial charge in [0.15, 0.2) is 11.4 Å². The van der Waals surface area contributed by atoms with E-state index in [9.17, 15) is 9.18 Å². The molecule has 7 nitrogen and oxygen atoms in total. The predicted molar refractivity (Wildman–Crippen MR) is 91.0 cm³/mol. The van der Waals surface area contributed by atoms with Gasteiger partial charge in [-0.05, 0) is 30.7 Å². The minimum atomic E-state index is -0.575. The van der Waals surface area contributed by atoms with Crippen molar-refractivity contribution in [3.63, 3.8) is 0 Å². The number of anilines is 1. The summed E-state index contributed by atoms with van der Waals surface area (Å²) in [5, 5.41) is 6.82. The van der Waals surface area contributed by atoms with Crippen LogP contribution in [0.5, 0.6) is 11.5 Å². The van der Waals surface area contributed by atoms with Crippen LogP contribution >= 0.6 is 0 Å². The van der Waals surface area contributed by atoms with Crippen molar-refractivity contribution >= 4 is 11.7 Å². The van der Waals surface area contributed by atoms with E-state index in [1.165, 1.54) is 17.0 Å². The molecule has 0 aliphatic carbocycles. The number of carbonyl (C=O) groups excluding carboxylic acids is 1. The average Bonchev–Trinajstić information content (AvgIpc) is 3.05. The molecule has 0 aliphatic heterocycles. The van der Waals surface area contributed by atoms with E-state index in [4.69, 9.17) is 10.5 Å². The van der Waals surface area contributed by atoms with Crippen LogP contribution in [0.1, 0.15) is 5.56 Å². The normalized spacial score (nSPS) is 10.5. The third-order valence-electron chi connectivity index (χ3n) is 3.68. The summed E-state index contributed by atoms with van der Waals surface area (Å²) in [5.41, 5.74) is 7.68. The first kappa shape index (κ1) is 16.4. The van der Waals surface area contributed by atoms with Crippen LogP contribution in [-0.4, -0.2) is 28.3 Å². The Kier molecular flexibility index (Phi) is 4.34. The smallest absolute Gasteiger partial charge is 0.318 e. The highest BCUT2D eigenvalue weighted by Crippen LogP contribution is 2.33. The summed E-state index contributed by atoms with van der Waals surface area (Å²) in [6, 6.07) is 7.53. The lowest BCUT2D eigenvalue weighted by Gasteiger charge is -2.16. The Morgan fingerprint density at radius 2 is 2.08 bits per heavy atom. The number of nitrogens with two attached hydrogens (primary N) is 1. The summed E-state index contributed by atoms with van der Waals surface area (Å²) < 4.78 is 19.0. The lowest BCUT2D eigenvalue weighted by atomic mass is 10.2. The maximum absolute atomic E-state index is 13.0. The molecule has 0 aliphatic rings. The van der Waals surface area contributed by atoms with Crippen molar-refractivity contribution in [1.29, 1.82) is 0 Å². The Balaban J connectivity index is 1.93. The maximum Gasteiger partial charge on any atom is 0.318 e. The van der Waals surface area contributed by atoms with Gasteiger partial charge in [0, 0.05) is 18.8 Å². The summed E-state index contributed by atoms with van der Waals surface area (Å²) >= 11 is 0. The first-order valence-electron chi connectivity index (χ1n) is 7.43. The molecule has 25 heavy (non-hydrogen) atoms. The first-order chi connectivity index (χ1) is 12.0. The van der Waals surface area contributed by atoms with Gasteiger partial charge < -0.3 is 10.5 Å². The number of benzene rings is 1. The van der Waals surface area contributed by atoms with Crippen LogP contribution in [0.15, 0.2) is 42.7 Å². The number of ether oxygens (including phenoxy) is 1. The van der Waals surface area contributed by atoms with E-state index in [1.807, 2.05) is 13.0 Å². The van der Waals surface area contributed by atoms with Gasteiger partial charge >= 0.3 is 6.03 Å². The van der Waals surface area contributed by atoms with Gasteiger partial charge in [0.25, 0.3) is 0 Å². The molecule has 3 N–H and O–H groups in total. The molecule has 8 heteroatoms. The van der Waals surface area contributed by atoms with Crippen LogP contribution in [-0.2, 0) is 0 Å². The number of urea groups is 1. The lowest BCUT2D eigenvalue weighted by Crippen LogP contribution is -2.31. The van der Waals surface area contributed by atoms with Crippen molar-refractivity contribution < 1.29 is 13.9 Å². The van der Waals surface area contributed by atoms with Crippen LogP contribution in [0.3, 0.4) is 0 Å². The number of aromatic amines is 1. The van der Waals surface area contributed by atoms with E-state index in [0.717, 1.165) is 11.8 Å². The van der Waals surface area contributed by atoms with Crippen LogP contribution in [0.25, 0.3) is 11.4 Å². The number of aryl methyl sites for hydroxylation is 1. The zero-order valence-corrected chi connectivity index (χ0v) is 13.7. The van der Waals surface area contributed by atoms with Crippen molar-refractivity contribution in [1.82, 2.24) is 15.2 Å². The molecule has 0 spiro atoms. The number of nitrogens with one attached hydrogen (secondary N) is 1. The van der Waals surface area contributed by atoms with Crippen LogP contribution < -0.4 is 15.4 Å². The molecule has 0 saturated carbocycles. The Morgan fingerprint density at radius 1 is 1.28 bits per heavy atom. The molecular formula is C17H16FN5O2. The molecule has 3 rings (SSSR count). The number of H-pyrrole nitrogens is 1. The monoisotopic (exact) mass is 341 g/mol. The highest BCUT2D eigenvalue weighted by atomic mass is 19.1. The van der Waals surface area contributed by atoms with Gasteiger partial charge in [-0.1, -0.05) is 6.07 Å². The molecule has 2 amide bonds. The van der Waals surface area contributed by atoms with E-state index in [1.54, 1.807) is 25.4 Å². The molecular weight excluding hydrogens is 325 g/mol. The van der Waals surface area contributed by atoms with Crippen molar-refractivity contribution in [3.8, 4) is 22.9 Å². The Labute approximate surface area is 143 Å². The Hall–Kier alpha value is -3.42. The number of rotatable bonds is 4. The fourth-order valence-corrected chi connectivity index (χ4v) is 2.21. The highest BCUT2D eigenvalue weighted by molar-refractivity contribution is 5.90.